The van der Waals surface area contributed by atoms with Crippen molar-refractivity contribution < 1.29 is 8.78 Å². The summed E-state index contributed by atoms with van der Waals surface area (Å²) >= 11 is 3.07. The molecule has 1 aromatic rings. The first kappa shape index (κ1) is 13.6. The SMILES string of the molecule is CCCC(Cc1c(F)ccc(Br)c1F)NC. The normalized spacial score (nSPS) is 12.8. The Kier molecular flexibility index (Phi) is 5.35. The fourth-order valence-electron chi connectivity index (χ4n) is 1.70. The van der Waals surface area contributed by atoms with Crippen LogP contribution < -0.4 is 5.32 Å². The van der Waals surface area contributed by atoms with Crippen molar-refractivity contribution in [3.05, 3.63) is 33.8 Å². The van der Waals surface area contributed by atoms with Gasteiger partial charge in [-0.1, -0.05) is 13.3 Å². The standard InChI is InChI=1S/C12H16BrF2N/c1-3-4-8(16-2)7-9-11(14)6-5-10(13)12(9)15/h5-6,8,16H,3-4,7H2,1-2H3. The molecule has 4 heteroatoms. The van der Waals surface area contributed by atoms with E-state index < -0.39 is 11.6 Å². The predicted octanol–water partition coefficient (Wildman–Crippen LogP) is 3.66. The number of benzene rings is 1. The van der Waals surface area contributed by atoms with E-state index in [1.165, 1.54) is 12.1 Å². The van der Waals surface area contributed by atoms with Crippen molar-refractivity contribution in [1.82, 2.24) is 5.32 Å². The molecule has 0 saturated carbocycles. The third-order valence-corrected chi connectivity index (χ3v) is 3.25. The minimum atomic E-state index is -0.489. The van der Waals surface area contributed by atoms with E-state index in [9.17, 15) is 8.78 Å². The van der Waals surface area contributed by atoms with E-state index in [2.05, 4.69) is 28.2 Å². The molecule has 1 aromatic carbocycles. The summed E-state index contributed by atoms with van der Waals surface area (Å²) in [7, 11) is 1.81. The molecule has 0 bridgehead atoms. The maximum Gasteiger partial charge on any atom is 0.143 e. The van der Waals surface area contributed by atoms with Crippen LogP contribution in [0.1, 0.15) is 25.3 Å². The fourth-order valence-corrected chi connectivity index (χ4v) is 2.07. The van der Waals surface area contributed by atoms with Gasteiger partial charge in [-0.15, -0.1) is 0 Å². The first-order valence-electron chi connectivity index (χ1n) is 5.39. The summed E-state index contributed by atoms with van der Waals surface area (Å²) in [6.07, 6.45) is 2.27. The highest BCUT2D eigenvalue weighted by Crippen LogP contribution is 2.23. The summed E-state index contributed by atoms with van der Waals surface area (Å²) in [4.78, 5) is 0. The van der Waals surface area contributed by atoms with Crippen molar-refractivity contribution in [3.8, 4) is 0 Å². The van der Waals surface area contributed by atoms with Crippen LogP contribution in [0.4, 0.5) is 8.78 Å². The van der Waals surface area contributed by atoms with Crippen LogP contribution in [-0.2, 0) is 6.42 Å². The number of nitrogens with one attached hydrogen (secondary N) is 1. The number of likely N-dealkylation sites (N-methyl/N-ethyl adjacent to an activating group) is 1. The molecule has 1 atom stereocenters. The van der Waals surface area contributed by atoms with Crippen LogP contribution in [-0.4, -0.2) is 13.1 Å². The Labute approximate surface area is 103 Å². The molecule has 1 N–H and O–H groups in total. The highest BCUT2D eigenvalue weighted by Gasteiger charge is 2.16. The molecule has 0 aliphatic rings. The Balaban J connectivity index is 2.90. The lowest BCUT2D eigenvalue weighted by Gasteiger charge is -2.16. The van der Waals surface area contributed by atoms with Gasteiger partial charge in [-0.05, 0) is 48.0 Å². The molecule has 1 rings (SSSR count). The lowest BCUT2D eigenvalue weighted by molar-refractivity contribution is 0.478. The average Bonchev–Trinajstić information content (AvgIpc) is 2.28. The van der Waals surface area contributed by atoms with E-state index in [-0.39, 0.29) is 11.6 Å². The molecule has 1 unspecified atom stereocenters. The largest absolute Gasteiger partial charge is 0.317 e. The van der Waals surface area contributed by atoms with E-state index in [4.69, 9.17) is 0 Å². The van der Waals surface area contributed by atoms with Gasteiger partial charge in [0, 0.05) is 11.6 Å². The third-order valence-electron chi connectivity index (χ3n) is 2.63. The highest BCUT2D eigenvalue weighted by atomic mass is 79.9. The van der Waals surface area contributed by atoms with Crippen LogP contribution in [0.15, 0.2) is 16.6 Å². The van der Waals surface area contributed by atoms with Crippen molar-refractivity contribution in [2.45, 2.75) is 32.2 Å². The molecule has 0 aliphatic carbocycles. The monoisotopic (exact) mass is 291 g/mol. The molecule has 0 fully saturated rings. The van der Waals surface area contributed by atoms with Crippen LogP contribution in [0.3, 0.4) is 0 Å². The first-order chi connectivity index (χ1) is 7.60. The number of halogens is 3. The summed E-state index contributed by atoms with van der Waals surface area (Å²) in [6.45, 7) is 2.05. The van der Waals surface area contributed by atoms with Crippen LogP contribution in [0.2, 0.25) is 0 Å². The highest BCUT2D eigenvalue weighted by molar-refractivity contribution is 9.10. The average molecular weight is 292 g/mol. The molecule has 16 heavy (non-hydrogen) atoms. The van der Waals surface area contributed by atoms with E-state index in [0.717, 1.165) is 12.8 Å². The van der Waals surface area contributed by atoms with E-state index in [0.29, 0.717) is 10.9 Å². The zero-order valence-electron chi connectivity index (χ0n) is 9.49. The van der Waals surface area contributed by atoms with Gasteiger partial charge in [0.25, 0.3) is 0 Å². The van der Waals surface area contributed by atoms with E-state index >= 15 is 0 Å². The lowest BCUT2D eigenvalue weighted by Crippen LogP contribution is -2.28. The summed E-state index contributed by atoms with van der Waals surface area (Å²) in [5.41, 5.74) is 0.155. The Morgan fingerprint density at radius 1 is 1.38 bits per heavy atom. The molecular weight excluding hydrogens is 276 g/mol. The summed E-state index contributed by atoms with van der Waals surface area (Å²) in [5, 5.41) is 3.08. The summed E-state index contributed by atoms with van der Waals surface area (Å²) in [5.74, 6) is -0.964. The number of hydrogen-bond acceptors (Lipinski definition) is 1. The second-order valence-electron chi connectivity index (χ2n) is 3.80. The van der Waals surface area contributed by atoms with Crippen LogP contribution in [0, 0.1) is 11.6 Å². The van der Waals surface area contributed by atoms with E-state index in [1.807, 2.05) is 7.05 Å². The number of hydrogen-bond donors (Lipinski definition) is 1. The van der Waals surface area contributed by atoms with Gasteiger partial charge < -0.3 is 5.32 Å². The molecule has 0 amide bonds. The maximum atomic E-state index is 13.7. The van der Waals surface area contributed by atoms with Crippen molar-refractivity contribution in [2.24, 2.45) is 0 Å². The molecule has 0 aliphatic heterocycles. The Hall–Kier alpha value is -0.480. The first-order valence-corrected chi connectivity index (χ1v) is 6.19. The molecule has 0 aromatic heterocycles. The van der Waals surface area contributed by atoms with Crippen molar-refractivity contribution in [2.75, 3.05) is 7.05 Å². The zero-order valence-corrected chi connectivity index (χ0v) is 11.1. The third kappa shape index (κ3) is 3.25. The van der Waals surface area contributed by atoms with Crippen molar-refractivity contribution >= 4 is 15.9 Å². The van der Waals surface area contributed by atoms with Crippen molar-refractivity contribution in [1.29, 1.82) is 0 Å². The Morgan fingerprint density at radius 2 is 2.06 bits per heavy atom. The van der Waals surface area contributed by atoms with Crippen LogP contribution in [0.25, 0.3) is 0 Å². The summed E-state index contributed by atoms with van der Waals surface area (Å²) < 4.78 is 27.5. The fraction of sp³-hybridized carbons (Fsp3) is 0.500. The van der Waals surface area contributed by atoms with Gasteiger partial charge in [-0.2, -0.15) is 0 Å². The second kappa shape index (κ2) is 6.30. The molecule has 0 heterocycles. The molecule has 1 nitrogen and oxygen atoms in total. The smallest absolute Gasteiger partial charge is 0.143 e. The lowest BCUT2D eigenvalue weighted by atomic mass is 10.0. The summed E-state index contributed by atoms with van der Waals surface area (Å²) in [6, 6.07) is 2.80. The predicted molar refractivity (Wildman–Crippen MR) is 65.5 cm³/mol. The number of rotatable bonds is 5. The molecular formula is C12H16BrF2N. The Bertz CT molecular complexity index is 355. The van der Waals surface area contributed by atoms with Crippen LogP contribution >= 0.6 is 15.9 Å². The van der Waals surface area contributed by atoms with Gasteiger partial charge in [0.2, 0.25) is 0 Å². The minimum absolute atomic E-state index is 0.114. The second-order valence-corrected chi connectivity index (χ2v) is 4.65. The minimum Gasteiger partial charge on any atom is -0.317 e. The van der Waals surface area contributed by atoms with Gasteiger partial charge in [0.15, 0.2) is 0 Å². The van der Waals surface area contributed by atoms with Gasteiger partial charge in [-0.25, -0.2) is 8.78 Å². The zero-order chi connectivity index (χ0) is 12.1. The van der Waals surface area contributed by atoms with Crippen LogP contribution in [0.5, 0.6) is 0 Å². The molecule has 0 saturated heterocycles. The van der Waals surface area contributed by atoms with E-state index in [1.54, 1.807) is 0 Å². The maximum absolute atomic E-state index is 13.7. The topological polar surface area (TPSA) is 12.0 Å². The van der Waals surface area contributed by atoms with Crippen molar-refractivity contribution in [3.63, 3.8) is 0 Å². The van der Waals surface area contributed by atoms with Gasteiger partial charge in [-0.3, -0.25) is 0 Å². The van der Waals surface area contributed by atoms with Gasteiger partial charge >= 0.3 is 0 Å². The molecule has 0 radical (unpaired) electrons. The molecule has 0 spiro atoms. The van der Waals surface area contributed by atoms with Gasteiger partial charge in [0.1, 0.15) is 11.6 Å². The van der Waals surface area contributed by atoms with Gasteiger partial charge in [0.05, 0.1) is 4.47 Å². The molecule has 90 valence electrons. The Morgan fingerprint density at radius 3 is 2.62 bits per heavy atom. The quantitative estimate of drug-likeness (QED) is 0.817.